The van der Waals surface area contributed by atoms with Crippen LogP contribution in [0, 0.1) is 11.8 Å². The SMILES string of the molecule is CCCC(C)COc1nnc(CNCC(C)C)s1. The lowest BCUT2D eigenvalue weighted by atomic mass is 10.1. The van der Waals surface area contributed by atoms with E-state index in [4.69, 9.17) is 4.74 Å². The highest BCUT2D eigenvalue weighted by Gasteiger charge is 2.07. The molecule has 5 heteroatoms. The minimum absolute atomic E-state index is 0.585. The summed E-state index contributed by atoms with van der Waals surface area (Å²) in [7, 11) is 0. The van der Waals surface area contributed by atoms with E-state index in [0.29, 0.717) is 17.0 Å². The van der Waals surface area contributed by atoms with Crippen LogP contribution in [0.1, 0.15) is 45.5 Å². The third kappa shape index (κ3) is 6.31. The van der Waals surface area contributed by atoms with Gasteiger partial charge in [-0.2, -0.15) is 0 Å². The molecule has 4 nitrogen and oxygen atoms in total. The Balaban J connectivity index is 2.25. The monoisotopic (exact) mass is 271 g/mol. The van der Waals surface area contributed by atoms with Gasteiger partial charge in [0.2, 0.25) is 0 Å². The summed E-state index contributed by atoms with van der Waals surface area (Å²) in [4.78, 5) is 0. The van der Waals surface area contributed by atoms with E-state index in [1.54, 1.807) is 0 Å². The molecule has 0 spiro atoms. The number of hydrogen-bond acceptors (Lipinski definition) is 5. The topological polar surface area (TPSA) is 47.0 Å². The Morgan fingerprint density at radius 1 is 1.28 bits per heavy atom. The summed E-state index contributed by atoms with van der Waals surface area (Å²) < 4.78 is 5.65. The van der Waals surface area contributed by atoms with Gasteiger partial charge in [-0.1, -0.05) is 45.5 Å². The summed E-state index contributed by atoms with van der Waals surface area (Å²) in [6, 6.07) is 0. The summed E-state index contributed by atoms with van der Waals surface area (Å²) in [6.45, 7) is 11.3. The van der Waals surface area contributed by atoms with Gasteiger partial charge in [0.05, 0.1) is 6.61 Å². The number of rotatable bonds is 9. The van der Waals surface area contributed by atoms with Crippen LogP contribution in [-0.2, 0) is 6.54 Å². The summed E-state index contributed by atoms with van der Waals surface area (Å²) in [5.41, 5.74) is 0. The molecular formula is C13H25N3OS. The van der Waals surface area contributed by atoms with E-state index in [9.17, 15) is 0 Å². The fourth-order valence-corrected chi connectivity index (χ4v) is 2.29. The molecule has 0 aliphatic carbocycles. The predicted molar refractivity (Wildman–Crippen MR) is 76.0 cm³/mol. The van der Waals surface area contributed by atoms with E-state index in [-0.39, 0.29) is 0 Å². The number of ether oxygens (including phenoxy) is 1. The molecule has 0 bridgehead atoms. The molecule has 0 aromatic carbocycles. The molecular weight excluding hydrogens is 246 g/mol. The minimum atomic E-state index is 0.585. The zero-order valence-electron chi connectivity index (χ0n) is 11.9. The lowest BCUT2D eigenvalue weighted by molar-refractivity contribution is 0.249. The van der Waals surface area contributed by atoms with Gasteiger partial charge < -0.3 is 10.1 Å². The van der Waals surface area contributed by atoms with E-state index in [0.717, 1.165) is 24.7 Å². The van der Waals surface area contributed by atoms with Crippen LogP contribution < -0.4 is 10.1 Å². The zero-order chi connectivity index (χ0) is 13.4. The van der Waals surface area contributed by atoms with Crippen molar-refractivity contribution in [2.24, 2.45) is 11.8 Å². The van der Waals surface area contributed by atoms with Gasteiger partial charge in [-0.05, 0) is 24.8 Å². The van der Waals surface area contributed by atoms with Crippen LogP contribution in [-0.4, -0.2) is 23.3 Å². The van der Waals surface area contributed by atoms with Gasteiger partial charge in [-0.15, -0.1) is 10.2 Å². The van der Waals surface area contributed by atoms with Gasteiger partial charge in [0, 0.05) is 6.54 Å². The van der Waals surface area contributed by atoms with Crippen molar-refractivity contribution >= 4 is 11.3 Å². The maximum absolute atomic E-state index is 5.65. The number of hydrogen-bond donors (Lipinski definition) is 1. The first-order valence-electron chi connectivity index (χ1n) is 6.77. The number of nitrogens with zero attached hydrogens (tertiary/aromatic N) is 2. The van der Waals surface area contributed by atoms with E-state index in [1.807, 2.05) is 0 Å². The van der Waals surface area contributed by atoms with Crippen LogP contribution >= 0.6 is 11.3 Å². The lowest BCUT2D eigenvalue weighted by Crippen LogP contribution is -2.18. The summed E-state index contributed by atoms with van der Waals surface area (Å²) in [6.07, 6.45) is 2.40. The Morgan fingerprint density at radius 2 is 2.06 bits per heavy atom. The Kier molecular flexibility index (Phi) is 7.20. The molecule has 1 heterocycles. The first-order valence-corrected chi connectivity index (χ1v) is 7.59. The van der Waals surface area contributed by atoms with Crippen molar-refractivity contribution in [1.82, 2.24) is 15.5 Å². The van der Waals surface area contributed by atoms with Crippen LogP contribution in [0.5, 0.6) is 5.19 Å². The first-order chi connectivity index (χ1) is 8.61. The second-order valence-electron chi connectivity index (χ2n) is 5.19. The van der Waals surface area contributed by atoms with Gasteiger partial charge in [0.15, 0.2) is 0 Å². The summed E-state index contributed by atoms with van der Waals surface area (Å²) in [5.74, 6) is 1.24. The molecule has 1 unspecified atom stereocenters. The summed E-state index contributed by atoms with van der Waals surface area (Å²) in [5, 5.41) is 13.2. The predicted octanol–water partition coefficient (Wildman–Crippen LogP) is 3.10. The quantitative estimate of drug-likeness (QED) is 0.749. The van der Waals surface area contributed by atoms with Crippen molar-refractivity contribution in [2.75, 3.05) is 13.2 Å². The van der Waals surface area contributed by atoms with Crippen molar-refractivity contribution in [2.45, 2.75) is 47.1 Å². The van der Waals surface area contributed by atoms with Gasteiger partial charge in [-0.25, -0.2) is 0 Å². The Morgan fingerprint density at radius 3 is 2.72 bits per heavy atom. The molecule has 0 saturated carbocycles. The Bertz CT molecular complexity index is 328. The number of aromatic nitrogens is 2. The van der Waals surface area contributed by atoms with Crippen molar-refractivity contribution < 1.29 is 4.74 Å². The molecule has 0 aliphatic heterocycles. The second-order valence-corrected chi connectivity index (χ2v) is 6.22. The van der Waals surface area contributed by atoms with Crippen molar-refractivity contribution in [3.8, 4) is 5.19 Å². The van der Waals surface area contributed by atoms with Gasteiger partial charge in [-0.3, -0.25) is 0 Å². The normalized spacial score (nSPS) is 12.9. The first kappa shape index (κ1) is 15.4. The smallest absolute Gasteiger partial charge is 0.294 e. The molecule has 0 radical (unpaired) electrons. The van der Waals surface area contributed by atoms with E-state index < -0.39 is 0 Å². The summed E-state index contributed by atoms with van der Waals surface area (Å²) >= 11 is 1.54. The molecule has 1 rings (SSSR count). The van der Waals surface area contributed by atoms with Gasteiger partial charge in [0.1, 0.15) is 5.01 Å². The van der Waals surface area contributed by atoms with Gasteiger partial charge in [0.25, 0.3) is 5.19 Å². The third-order valence-corrected chi connectivity index (χ3v) is 3.39. The van der Waals surface area contributed by atoms with E-state index >= 15 is 0 Å². The van der Waals surface area contributed by atoms with Crippen LogP contribution in [0.2, 0.25) is 0 Å². The van der Waals surface area contributed by atoms with Crippen molar-refractivity contribution in [3.63, 3.8) is 0 Å². The van der Waals surface area contributed by atoms with Crippen molar-refractivity contribution in [3.05, 3.63) is 5.01 Å². The average molecular weight is 271 g/mol. The van der Waals surface area contributed by atoms with Crippen LogP contribution in [0.15, 0.2) is 0 Å². The highest BCUT2D eigenvalue weighted by molar-refractivity contribution is 7.13. The molecule has 1 aromatic heterocycles. The maximum atomic E-state index is 5.65. The zero-order valence-corrected chi connectivity index (χ0v) is 12.7. The highest BCUT2D eigenvalue weighted by Crippen LogP contribution is 2.19. The molecule has 0 saturated heterocycles. The fourth-order valence-electron chi connectivity index (χ4n) is 1.63. The largest absolute Gasteiger partial charge is 0.469 e. The van der Waals surface area contributed by atoms with E-state index in [2.05, 4.69) is 43.2 Å². The Hall–Kier alpha value is -0.680. The molecule has 0 fully saturated rings. The third-order valence-electron chi connectivity index (χ3n) is 2.55. The molecule has 18 heavy (non-hydrogen) atoms. The molecule has 1 aromatic rings. The molecule has 1 N–H and O–H groups in total. The Labute approximate surface area is 114 Å². The fraction of sp³-hybridized carbons (Fsp3) is 0.846. The maximum Gasteiger partial charge on any atom is 0.294 e. The van der Waals surface area contributed by atoms with Crippen LogP contribution in [0.3, 0.4) is 0 Å². The standard InChI is InChI=1S/C13H25N3OS/c1-5-6-11(4)9-17-13-16-15-12(18-13)8-14-7-10(2)3/h10-11,14H,5-9H2,1-4H3. The number of nitrogens with one attached hydrogen (secondary N) is 1. The molecule has 0 aliphatic rings. The lowest BCUT2D eigenvalue weighted by Gasteiger charge is -2.08. The van der Waals surface area contributed by atoms with E-state index in [1.165, 1.54) is 24.2 Å². The highest BCUT2D eigenvalue weighted by atomic mass is 32.1. The van der Waals surface area contributed by atoms with Crippen LogP contribution in [0.4, 0.5) is 0 Å². The minimum Gasteiger partial charge on any atom is -0.469 e. The van der Waals surface area contributed by atoms with Crippen LogP contribution in [0.25, 0.3) is 0 Å². The molecule has 104 valence electrons. The van der Waals surface area contributed by atoms with Crippen molar-refractivity contribution in [1.29, 1.82) is 0 Å². The molecule has 0 amide bonds. The second kappa shape index (κ2) is 8.43. The average Bonchev–Trinajstić information content (AvgIpc) is 2.74. The van der Waals surface area contributed by atoms with Gasteiger partial charge >= 0.3 is 0 Å². The molecule has 1 atom stereocenters.